The minimum absolute atomic E-state index is 0.130. The monoisotopic (exact) mass is 419 g/mol. The summed E-state index contributed by atoms with van der Waals surface area (Å²) in [6, 6.07) is 11.6. The number of nitrogens with zero attached hydrogens (tertiary/aromatic N) is 3. The average molecular weight is 419 g/mol. The number of anilines is 1. The highest BCUT2D eigenvalue weighted by Gasteiger charge is 2.57. The SMILES string of the molecule is O=C1OC2(CCN(C(=O)C3(c4ccc(N5CCOCC5)nc4)CC3)C2)c2ccccc21. The molecule has 1 unspecified atom stereocenters. The normalized spacial score (nSPS) is 26.1. The number of pyridine rings is 1. The molecule has 2 saturated heterocycles. The Hall–Kier alpha value is -2.93. The largest absolute Gasteiger partial charge is 0.449 e. The van der Waals surface area contributed by atoms with Gasteiger partial charge in [-0.15, -0.1) is 0 Å². The molecule has 0 N–H and O–H groups in total. The van der Waals surface area contributed by atoms with E-state index in [-0.39, 0.29) is 11.9 Å². The summed E-state index contributed by atoms with van der Waals surface area (Å²) in [4.78, 5) is 34.7. The molecule has 1 spiro atoms. The molecule has 4 heterocycles. The van der Waals surface area contributed by atoms with E-state index in [4.69, 9.17) is 9.47 Å². The molecular formula is C24H25N3O4. The topological polar surface area (TPSA) is 72.0 Å². The average Bonchev–Trinajstić information content (AvgIpc) is 3.46. The molecule has 1 aromatic carbocycles. The van der Waals surface area contributed by atoms with Gasteiger partial charge in [-0.3, -0.25) is 4.79 Å². The first-order valence-corrected chi connectivity index (χ1v) is 11.0. The molecule has 0 radical (unpaired) electrons. The van der Waals surface area contributed by atoms with Crippen molar-refractivity contribution in [1.82, 2.24) is 9.88 Å². The third-order valence-electron chi connectivity index (χ3n) is 7.24. The van der Waals surface area contributed by atoms with Crippen LogP contribution in [0.5, 0.6) is 0 Å². The van der Waals surface area contributed by atoms with Crippen LogP contribution in [0.1, 0.15) is 40.7 Å². The summed E-state index contributed by atoms with van der Waals surface area (Å²) in [7, 11) is 0. The van der Waals surface area contributed by atoms with E-state index in [1.54, 1.807) is 6.07 Å². The molecule has 3 aliphatic heterocycles. The summed E-state index contributed by atoms with van der Waals surface area (Å²) in [5, 5.41) is 0. The lowest BCUT2D eigenvalue weighted by atomic mass is 9.91. The minimum Gasteiger partial charge on any atom is -0.449 e. The number of amides is 1. The van der Waals surface area contributed by atoms with E-state index < -0.39 is 11.0 Å². The van der Waals surface area contributed by atoms with E-state index in [2.05, 4.69) is 16.0 Å². The van der Waals surface area contributed by atoms with Gasteiger partial charge >= 0.3 is 5.97 Å². The number of ether oxygens (including phenoxy) is 2. The summed E-state index contributed by atoms with van der Waals surface area (Å²) in [6.45, 7) is 4.14. The first-order valence-electron chi connectivity index (χ1n) is 11.0. The molecule has 1 amide bonds. The third-order valence-corrected chi connectivity index (χ3v) is 7.24. The Morgan fingerprint density at radius 1 is 1.00 bits per heavy atom. The van der Waals surface area contributed by atoms with Gasteiger partial charge in [0.05, 0.1) is 30.7 Å². The van der Waals surface area contributed by atoms with E-state index >= 15 is 0 Å². The molecule has 2 aromatic rings. The van der Waals surface area contributed by atoms with Crippen molar-refractivity contribution in [3.8, 4) is 0 Å². The van der Waals surface area contributed by atoms with Crippen LogP contribution in [0.15, 0.2) is 42.6 Å². The third kappa shape index (κ3) is 2.86. The molecule has 1 aromatic heterocycles. The van der Waals surface area contributed by atoms with Gasteiger partial charge in [0.25, 0.3) is 0 Å². The number of aromatic nitrogens is 1. The number of likely N-dealkylation sites (tertiary alicyclic amines) is 1. The van der Waals surface area contributed by atoms with Crippen LogP contribution in [0.25, 0.3) is 0 Å². The molecule has 7 heteroatoms. The molecule has 1 aliphatic carbocycles. The second-order valence-electron chi connectivity index (χ2n) is 8.99. The Morgan fingerprint density at radius 3 is 2.55 bits per heavy atom. The number of rotatable bonds is 3. The molecule has 160 valence electrons. The van der Waals surface area contributed by atoms with Crippen LogP contribution in [0.3, 0.4) is 0 Å². The van der Waals surface area contributed by atoms with Crippen LogP contribution in [0.2, 0.25) is 0 Å². The molecule has 7 nitrogen and oxygen atoms in total. The maximum absolute atomic E-state index is 13.6. The second kappa shape index (κ2) is 6.79. The highest BCUT2D eigenvalue weighted by atomic mass is 16.6. The molecule has 6 rings (SSSR count). The van der Waals surface area contributed by atoms with Gasteiger partial charge in [-0.1, -0.05) is 24.3 Å². The number of carbonyl (C=O) groups excluding carboxylic acids is 2. The van der Waals surface area contributed by atoms with Gasteiger partial charge in [0, 0.05) is 37.8 Å². The van der Waals surface area contributed by atoms with Crippen molar-refractivity contribution in [1.29, 1.82) is 0 Å². The van der Waals surface area contributed by atoms with Crippen molar-refractivity contribution in [3.63, 3.8) is 0 Å². The van der Waals surface area contributed by atoms with Crippen LogP contribution in [-0.2, 0) is 25.3 Å². The summed E-state index contributed by atoms with van der Waals surface area (Å²) in [5.74, 6) is 0.782. The summed E-state index contributed by atoms with van der Waals surface area (Å²) in [6.07, 6.45) is 4.19. The zero-order valence-electron chi connectivity index (χ0n) is 17.4. The maximum atomic E-state index is 13.6. The van der Waals surface area contributed by atoms with Gasteiger partial charge in [0.1, 0.15) is 5.82 Å². The number of carbonyl (C=O) groups is 2. The zero-order chi connectivity index (χ0) is 21.1. The fourth-order valence-electron chi connectivity index (χ4n) is 5.31. The van der Waals surface area contributed by atoms with Crippen molar-refractivity contribution in [2.75, 3.05) is 44.3 Å². The molecule has 1 saturated carbocycles. The molecule has 0 bridgehead atoms. The Kier molecular flexibility index (Phi) is 4.12. The highest BCUT2D eigenvalue weighted by molar-refractivity contribution is 5.96. The molecule has 4 aliphatic rings. The number of morpholine rings is 1. The van der Waals surface area contributed by atoms with Gasteiger partial charge < -0.3 is 19.3 Å². The number of esters is 1. The van der Waals surface area contributed by atoms with Gasteiger partial charge in [-0.05, 0) is 30.5 Å². The van der Waals surface area contributed by atoms with Crippen LogP contribution < -0.4 is 4.90 Å². The van der Waals surface area contributed by atoms with Crippen LogP contribution in [0.4, 0.5) is 5.82 Å². The first-order chi connectivity index (χ1) is 15.1. The number of hydrogen-bond donors (Lipinski definition) is 0. The number of fused-ring (bicyclic) bond motifs is 2. The van der Waals surface area contributed by atoms with E-state index in [1.807, 2.05) is 35.4 Å². The number of hydrogen-bond acceptors (Lipinski definition) is 6. The smallest absolute Gasteiger partial charge is 0.339 e. The van der Waals surface area contributed by atoms with Crippen molar-refractivity contribution in [2.45, 2.75) is 30.3 Å². The predicted molar refractivity (Wildman–Crippen MR) is 113 cm³/mol. The Labute approximate surface area is 180 Å². The van der Waals surface area contributed by atoms with Crippen molar-refractivity contribution < 1.29 is 19.1 Å². The molecule has 31 heavy (non-hydrogen) atoms. The molecule has 1 atom stereocenters. The maximum Gasteiger partial charge on any atom is 0.339 e. The lowest BCUT2D eigenvalue weighted by molar-refractivity contribution is -0.134. The number of benzene rings is 1. The van der Waals surface area contributed by atoms with Gasteiger partial charge in [0.2, 0.25) is 5.91 Å². The fraction of sp³-hybridized carbons (Fsp3) is 0.458. The van der Waals surface area contributed by atoms with E-state index in [1.165, 1.54) is 0 Å². The summed E-state index contributed by atoms with van der Waals surface area (Å²) < 4.78 is 11.2. The van der Waals surface area contributed by atoms with Crippen molar-refractivity contribution in [3.05, 3.63) is 59.3 Å². The minimum atomic E-state index is -0.697. The quantitative estimate of drug-likeness (QED) is 0.711. The lowest BCUT2D eigenvalue weighted by Gasteiger charge is -2.29. The van der Waals surface area contributed by atoms with E-state index in [0.29, 0.717) is 25.1 Å². The summed E-state index contributed by atoms with van der Waals surface area (Å²) in [5.41, 5.74) is 1.35. The Morgan fingerprint density at radius 2 is 1.81 bits per heavy atom. The molecule has 3 fully saturated rings. The standard InChI is InChI=1S/C24H25N3O4/c28-21-18-3-1-2-4-19(18)24(31-21)9-10-27(16-24)22(29)23(7-8-23)17-5-6-20(25-15-17)26-11-13-30-14-12-26/h1-6,15H,7-14,16H2. The van der Waals surface area contributed by atoms with Crippen LogP contribution >= 0.6 is 0 Å². The Bertz CT molecular complexity index is 1040. The van der Waals surface area contributed by atoms with Gasteiger partial charge in [0.15, 0.2) is 5.60 Å². The molecular weight excluding hydrogens is 394 g/mol. The lowest BCUT2D eigenvalue weighted by Crippen LogP contribution is -2.40. The fourth-order valence-corrected chi connectivity index (χ4v) is 5.31. The van der Waals surface area contributed by atoms with Crippen LogP contribution in [0, 0.1) is 0 Å². The van der Waals surface area contributed by atoms with Gasteiger partial charge in [-0.25, -0.2) is 9.78 Å². The van der Waals surface area contributed by atoms with E-state index in [0.717, 1.165) is 56.1 Å². The van der Waals surface area contributed by atoms with Crippen molar-refractivity contribution >= 4 is 17.7 Å². The summed E-state index contributed by atoms with van der Waals surface area (Å²) >= 11 is 0. The van der Waals surface area contributed by atoms with Crippen LogP contribution in [-0.4, -0.2) is 61.2 Å². The Balaban J connectivity index is 1.21. The zero-order valence-corrected chi connectivity index (χ0v) is 17.4. The second-order valence-corrected chi connectivity index (χ2v) is 8.99. The predicted octanol–water partition coefficient (Wildman–Crippen LogP) is 2.25. The van der Waals surface area contributed by atoms with E-state index in [9.17, 15) is 9.59 Å². The van der Waals surface area contributed by atoms with Gasteiger partial charge in [-0.2, -0.15) is 0 Å². The highest BCUT2D eigenvalue weighted by Crippen LogP contribution is 2.52. The first kappa shape index (κ1) is 18.8. The van der Waals surface area contributed by atoms with Crippen molar-refractivity contribution in [2.24, 2.45) is 0 Å².